The van der Waals surface area contributed by atoms with Gasteiger partial charge in [-0.15, -0.1) is 0 Å². The molecule has 158 valence electrons. The zero-order valence-electron chi connectivity index (χ0n) is 16.9. The molecule has 1 aliphatic rings. The third kappa shape index (κ3) is 4.82. The van der Waals surface area contributed by atoms with Gasteiger partial charge in [-0.2, -0.15) is 5.10 Å². The molecule has 1 atom stereocenters. The summed E-state index contributed by atoms with van der Waals surface area (Å²) >= 11 is 0. The molecule has 0 fully saturated rings. The predicted octanol–water partition coefficient (Wildman–Crippen LogP) is 3.69. The Morgan fingerprint density at radius 2 is 1.87 bits per heavy atom. The quantitative estimate of drug-likeness (QED) is 0.784. The Morgan fingerprint density at radius 3 is 2.53 bits per heavy atom. The maximum absolute atomic E-state index is 14.5. The van der Waals surface area contributed by atoms with E-state index in [0.29, 0.717) is 23.4 Å². The zero-order valence-corrected chi connectivity index (χ0v) is 16.9. The van der Waals surface area contributed by atoms with Crippen molar-refractivity contribution in [2.45, 2.75) is 25.8 Å². The number of carbonyl (C=O) groups excluding carboxylic acids is 2. The van der Waals surface area contributed by atoms with Crippen molar-refractivity contribution in [2.75, 3.05) is 20.1 Å². The van der Waals surface area contributed by atoms with Crippen LogP contribution in [0.3, 0.4) is 0 Å². The molecular weight excluding hydrogens is 390 g/mol. The van der Waals surface area contributed by atoms with Crippen LogP contribution in [0, 0.1) is 11.6 Å². The summed E-state index contributed by atoms with van der Waals surface area (Å²) in [7, 11) is 1.52. The van der Waals surface area contributed by atoms with Crippen LogP contribution in [0.1, 0.15) is 36.9 Å². The molecule has 3 rings (SSSR count). The third-order valence-corrected chi connectivity index (χ3v) is 4.85. The summed E-state index contributed by atoms with van der Waals surface area (Å²) in [6, 6.07) is 11.0. The van der Waals surface area contributed by atoms with Gasteiger partial charge in [0.05, 0.1) is 11.8 Å². The van der Waals surface area contributed by atoms with Gasteiger partial charge >= 0.3 is 6.03 Å². The molecule has 0 aliphatic carbocycles. The Kier molecular flexibility index (Phi) is 6.76. The maximum Gasteiger partial charge on any atom is 0.317 e. The molecule has 1 unspecified atom stereocenters. The van der Waals surface area contributed by atoms with Crippen LogP contribution < -0.4 is 5.32 Å². The molecule has 0 radical (unpaired) electrons. The van der Waals surface area contributed by atoms with E-state index >= 15 is 0 Å². The van der Waals surface area contributed by atoms with Crippen LogP contribution in [0.4, 0.5) is 13.6 Å². The largest absolute Gasteiger partial charge is 0.338 e. The van der Waals surface area contributed by atoms with Crippen LogP contribution in [0.2, 0.25) is 0 Å². The molecule has 8 heteroatoms. The van der Waals surface area contributed by atoms with Crippen LogP contribution in [-0.4, -0.2) is 47.7 Å². The summed E-state index contributed by atoms with van der Waals surface area (Å²) < 4.78 is 27.8. The van der Waals surface area contributed by atoms with E-state index in [4.69, 9.17) is 0 Å². The summed E-state index contributed by atoms with van der Waals surface area (Å²) in [4.78, 5) is 26.3. The van der Waals surface area contributed by atoms with Crippen LogP contribution in [0.25, 0.3) is 0 Å². The van der Waals surface area contributed by atoms with Crippen LogP contribution in [-0.2, 0) is 4.79 Å². The Morgan fingerprint density at radius 1 is 1.17 bits per heavy atom. The summed E-state index contributed by atoms with van der Waals surface area (Å²) in [5, 5.41) is 8.34. The first kappa shape index (κ1) is 21.4. The number of nitrogens with one attached hydrogen (secondary N) is 1. The van der Waals surface area contributed by atoms with Gasteiger partial charge in [0.2, 0.25) is 0 Å². The molecule has 0 spiro atoms. The lowest BCUT2D eigenvalue weighted by atomic mass is 9.98. The minimum Gasteiger partial charge on any atom is -0.338 e. The molecule has 6 nitrogen and oxygen atoms in total. The summed E-state index contributed by atoms with van der Waals surface area (Å²) in [6.45, 7) is 2.23. The van der Waals surface area contributed by atoms with E-state index < -0.39 is 17.8 Å². The Labute approximate surface area is 174 Å². The lowest BCUT2D eigenvalue weighted by Crippen LogP contribution is -2.43. The second-order valence-electron chi connectivity index (χ2n) is 7.12. The van der Waals surface area contributed by atoms with Crippen LogP contribution in [0.5, 0.6) is 0 Å². The fraction of sp³-hybridized carbons (Fsp3) is 0.318. The molecule has 0 saturated heterocycles. The van der Waals surface area contributed by atoms with E-state index in [2.05, 4.69) is 10.4 Å². The number of benzene rings is 2. The highest BCUT2D eigenvalue weighted by atomic mass is 19.1. The third-order valence-electron chi connectivity index (χ3n) is 4.85. The van der Waals surface area contributed by atoms with E-state index in [0.717, 1.165) is 6.42 Å². The van der Waals surface area contributed by atoms with Crippen molar-refractivity contribution in [1.82, 2.24) is 15.2 Å². The van der Waals surface area contributed by atoms with E-state index in [9.17, 15) is 18.4 Å². The number of likely N-dealkylation sites (N-methyl/N-ethyl adjacent to an activating group) is 1. The molecule has 0 aromatic heterocycles. The number of amides is 3. The number of urea groups is 1. The van der Waals surface area contributed by atoms with Crippen molar-refractivity contribution >= 4 is 17.6 Å². The highest BCUT2D eigenvalue weighted by Crippen LogP contribution is 2.34. The lowest BCUT2D eigenvalue weighted by molar-refractivity contribution is -0.133. The Balaban J connectivity index is 1.86. The minimum atomic E-state index is -0.647. The average Bonchev–Trinajstić information content (AvgIpc) is 3.18. The van der Waals surface area contributed by atoms with Gasteiger partial charge in [-0.05, 0) is 30.2 Å². The first-order chi connectivity index (χ1) is 14.4. The van der Waals surface area contributed by atoms with Crippen molar-refractivity contribution in [3.05, 3.63) is 71.3 Å². The number of carbonyl (C=O) groups is 2. The predicted molar refractivity (Wildman–Crippen MR) is 110 cm³/mol. The first-order valence-corrected chi connectivity index (χ1v) is 9.79. The fourth-order valence-electron chi connectivity index (χ4n) is 3.26. The summed E-state index contributed by atoms with van der Waals surface area (Å²) in [5.74, 6) is -1.25. The van der Waals surface area contributed by atoms with Gasteiger partial charge in [0.15, 0.2) is 0 Å². The maximum atomic E-state index is 14.5. The van der Waals surface area contributed by atoms with Gasteiger partial charge in [0, 0.05) is 25.6 Å². The minimum absolute atomic E-state index is 0.208. The lowest BCUT2D eigenvalue weighted by Gasteiger charge is -2.25. The van der Waals surface area contributed by atoms with Crippen molar-refractivity contribution in [3.63, 3.8) is 0 Å². The molecule has 3 amide bonds. The van der Waals surface area contributed by atoms with Crippen LogP contribution in [0.15, 0.2) is 53.6 Å². The van der Waals surface area contributed by atoms with E-state index in [-0.39, 0.29) is 24.8 Å². The Hall–Kier alpha value is -3.29. The number of rotatable bonds is 6. The van der Waals surface area contributed by atoms with Crippen molar-refractivity contribution in [1.29, 1.82) is 0 Å². The molecule has 30 heavy (non-hydrogen) atoms. The number of hydrazone groups is 1. The van der Waals surface area contributed by atoms with Gasteiger partial charge in [-0.3, -0.25) is 4.79 Å². The highest BCUT2D eigenvalue weighted by molar-refractivity contribution is 6.03. The monoisotopic (exact) mass is 414 g/mol. The van der Waals surface area contributed by atoms with E-state index in [1.54, 1.807) is 30.3 Å². The molecule has 0 bridgehead atoms. The number of hydrogen-bond acceptors (Lipinski definition) is 3. The van der Waals surface area contributed by atoms with Crippen molar-refractivity contribution < 1.29 is 18.4 Å². The molecular formula is C22H24F2N4O2. The summed E-state index contributed by atoms with van der Waals surface area (Å²) in [5.41, 5.74) is 1.54. The standard InChI is InChI=1S/C22H24F2N4O2/c1-3-12-25-22(30)27(2)14-21(29)28-20(17-6-4-5-7-18(17)24)13-19(26-28)15-8-10-16(23)11-9-15/h4-11,20H,3,12-14H2,1-2H3,(H,25,30). The highest BCUT2D eigenvalue weighted by Gasteiger charge is 2.35. The van der Waals surface area contributed by atoms with E-state index in [1.807, 2.05) is 6.92 Å². The smallest absolute Gasteiger partial charge is 0.317 e. The van der Waals surface area contributed by atoms with Gasteiger partial charge in [0.1, 0.15) is 18.2 Å². The normalized spacial score (nSPS) is 15.7. The second kappa shape index (κ2) is 9.47. The second-order valence-corrected chi connectivity index (χ2v) is 7.12. The topological polar surface area (TPSA) is 65.0 Å². The number of hydrogen-bond donors (Lipinski definition) is 1. The molecule has 0 saturated carbocycles. The van der Waals surface area contributed by atoms with E-state index in [1.165, 1.54) is 35.2 Å². The van der Waals surface area contributed by atoms with Gasteiger partial charge in [0.25, 0.3) is 5.91 Å². The van der Waals surface area contributed by atoms with Gasteiger partial charge in [-0.25, -0.2) is 18.6 Å². The Bertz CT molecular complexity index is 946. The number of halogens is 2. The summed E-state index contributed by atoms with van der Waals surface area (Å²) in [6.07, 6.45) is 1.06. The fourth-order valence-corrected chi connectivity index (χ4v) is 3.26. The molecule has 2 aromatic rings. The van der Waals surface area contributed by atoms with Crippen LogP contribution >= 0.6 is 0 Å². The first-order valence-electron chi connectivity index (χ1n) is 9.79. The van der Waals surface area contributed by atoms with Gasteiger partial charge in [-0.1, -0.05) is 37.3 Å². The number of nitrogens with zero attached hydrogens (tertiary/aromatic N) is 3. The molecule has 1 aliphatic heterocycles. The average molecular weight is 414 g/mol. The van der Waals surface area contributed by atoms with Gasteiger partial charge < -0.3 is 10.2 Å². The SMILES string of the molecule is CCCNC(=O)N(C)CC(=O)N1N=C(c2ccc(F)cc2)CC1c1ccccc1F. The van der Waals surface area contributed by atoms with Crippen molar-refractivity contribution in [2.24, 2.45) is 5.10 Å². The zero-order chi connectivity index (χ0) is 21.7. The van der Waals surface area contributed by atoms with Crippen molar-refractivity contribution in [3.8, 4) is 0 Å². The molecule has 1 N–H and O–H groups in total. The molecule has 1 heterocycles. The molecule has 2 aromatic carbocycles.